The van der Waals surface area contributed by atoms with E-state index in [4.69, 9.17) is 5.11 Å². The number of hydrogen-bond acceptors (Lipinski definition) is 4. The molecule has 0 heterocycles. The second kappa shape index (κ2) is 8.55. The van der Waals surface area contributed by atoms with Gasteiger partial charge in [0.25, 0.3) is 5.91 Å². The Morgan fingerprint density at radius 2 is 1.52 bits per heavy atom. The molecule has 1 amide bonds. The third-order valence-electron chi connectivity index (χ3n) is 4.11. The highest BCUT2D eigenvalue weighted by Crippen LogP contribution is 2.20. The van der Waals surface area contributed by atoms with Crippen LogP contribution in [0, 0.1) is 0 Å². The van der Waals surface area contributed by atoms with Gasteiger partial charge in [-0.05, 0) is 42.2 Å². The molecule has 0 radical (unpaired) electrons. The van der Waals surface area contributed by atoms with E-state index in [0.717, 1.165) is 17.5 Å². The van der Waals surface area contributed by atoms with E-state index < -0.39 is 30.4 Å². The molecule has 0 aliphatic carbocycles. The zero-order valence-electron chi connectivity index (χ0n) is 14.4. The lowest BCUT2D eigenvalue weighted by atomic mass is 10.0. The van der Waals surface area contributed by atoms with Gasteiger partial charge in [0.1, 0.15) is 12.6 Å². The highest BCUT2D eigenvalue weighted by molar-refractivity contribution is 5.98. The molecule has 2 aromatic carbocycles. The van der Waals surface area contributed by atoms with E-state index in [1.165, 1.54) is 12.5 Å². The topological polar surface area (TPSA) is 86.6 Å². The van der Waals surface area contributed by atoms with Crippen molar-refractivity contribution >= 4 is 11.7 Å². The SMILES string of the molecule is CCc1ccc(-c2ccc(C(=O)N[C@H](C(=O)CO)[C@@H](C)O)cc2)cc1. The Morgan fingerprint density at radius 3 is 1.96 bits per heavy atom. The summed E-state index contributed by atoms with van der Waals surface area (Å²) in [6.45, 7) is 2.76. The molecule has 5 heteroatoms. The van der Waals surface area contributed by atoms with Gasteiger partial charge in [-0.25, -0.2) is 0 Å². The van der Waals surface area contributed by atoms with Crippen LogP contribution in [0.5, 0.6) is 0 Å². The number of rotatable bonds is 7. The van der Waals surface area contributed by atoms with Gasteiger partial charge >= 0.3 is 0 Å². The fourth-order valence-electron chi connectivity index (χ4n) is 2.54. The van der Waals surface area contributed by atoms with Crippen LogP contribution in [-0.4, -0.2) is 40.7 Å². The Kier molecular flexibility index (Phi) is 6.44. The van der Waals surface area contributed by atoms with E-state index in [9.17, 15) is 14.7 Å². The molecule has 0 saturated heterocycles. The summed E-state index contributed by atoms with van der Waals surface area (Å²) in [6, 6.07) is 14.1. The van der Waals surface area contributed by atoms with Crippen molar-refractivity contribution in [3.05, 3.63) is 59.7 Å². The van der Waals surface area contributed by atoms with E-state index in [1.54, 1.807) is 12.1 Å². The van der Waals surface area contributed by atoms with E-state index in [2.05, 4.69) is 24.4 Å². The summed E-state index contributed by atoms with van der Waals surface area (Å²) in [5.74, 6) is -1.10. The molecule has 5 nitrogen and oxygen atoms in total. The number of aryl methyl sites for hydroxylation is 1. The van der Waals surface area contributed by atoms with Crippen LogP contribution in [0.1, 0.15) is 29.8 Å². The Bertz CT molecular complexity index is 720. The number of ketones is 1. The average molecular weight is 341 g/mol. The van der Waals surface area contributed by atoms with Gasteiger partial charge in [0, 0.05) is 5.56 Å². The van der Waals surface area contributed by atoms with E-state index in [0.29, 0.717) is 5.56 Å². The molecule has 0 unspecified atom stereocenters. The third kappa shape index (κ3) is 4.75. The van der Waals surface area contributed by atoms with Crippen molar-refractivity contribution < 1.29 is 19.8 Å². The van der Waals surface area contributed by atoms with Crippen molar-refractivity contribution in [2.75, 3.05) is 6.61 Å². The van der Waals surface area contributed by atoms with Crippen molar-refractivity contribution in [1.29, 1.82) is 0 Å². The van der Waals surface area contributed by atoms with Gasteiger partial charge in [0.2, 0.25) is 0 Å². The van der Waals surface area contributed by atoms with Crippen LogP contribution >= 0.6 is 0 Å². The first-order valence-electron chi connectivity index (χ1n) is 8.28. The Hall–Kier alpha value is -2.50. The van der Waals surface area contributed by atoms with Gasteiger partial charge < -0.3 is 15.5 Å². The summed E-state index contributed by atoms with van der Waals surface area (Å²) in [4.78, 5) is 23.8. The molecule has 0 bridgehead atoms. The molecule has 0 aromatic heterocycles. The predicted octanol–water partition coefficient (Wildman–Crippen LogP) is 1.96. The number of aliphatic hydroxyl groups excluding tert-OH is 2. The molecule has 2 aromatic rings. The van der Waals surface area contributed by atoms with Crippen LogP contribution in [0.25, 0.3) is 11.1 Å². The number of hydrogen-bond donors (Lipinski definition) is 3. The van der Waals surface area contributed by atoms with Crippen molar-refractivity contribution in [3.63, 3.8) is 0 Å². The largest absolute Gasteiger partial charge is 0.391 e. The molecule has 0 fully saturated rings. The molecule has 0 aliphatic rings. The number of amides is 1. The van der Waals surface area contributed by atoms with Gasteiger partial charge in [0.05, 0.1) is 6.10 Å². The fraction of sp³-hybridized carbons (Fsp3) is 0.300. The summed E-state index contributed by atoms with van der Waals surface area (Å²) < 4.78 is 0. The number of benzene rings is 2. The van der Waals surface area contributed by atoms with Crippen LogP contribution < -0.4 is 5.32 Å². The first-order chi connectivity index (χ1) is 12.0. The second-order valence-electron chi connectivity index (χ2n) is 5.94. The van der Waals surface area contributed by atoms with Crippen LogP contribution in [0.3, 0.4) is 0 Å². The van der Waals surface area contributed by atoms with Crippen molar-refractivity contribution in [3.8, 4) is 11.1 Å². The quantitative estimate of drug-likeness (QED) is 0.718. The maximum absolute atomic E-state index is 12.3. The zero-order valence-corrected chi connectivity index (χ0v) is 14.4. The van der Waals surface area contributed by atoms with E-state index >= 15 is 0 Å². The molecule has 25 heavy (non-hydrogen) atoms. The summed E-state index contributed by atoms with van der Waals surface area (Å²) in [5, 5.41) is 21.0. The minimum Gasteiger partial charge on any atom is -0.391 e. The van der Waals surface area contributed by atoms with E-state index in [-0.39, 0.29) is 0 Å². The molecule has 0 spiro atoms. The molecular formula is C20H23NO4. The number of carbonyl (C=O) groups is 2. The van der Waals surface area contributed by atoms with Crippen molar-refractivity contribution in [1.82, 2.24) is 5.32 Å². The number of aliphatic hydroxyl groups is 2. The van der Waals surface area contributed by atoms with Gasteiger partial charge in [-0.3, -0.25) is 9.59 Å². The molecular weight excluding hydrogens is 318 g/mol. The second-order valence-corrected chi connectivity index (χ2v) is 5.94. The number of Topliss-reactive ketones (excluding diaryl/α,β-unsaturated/α-hetero) is 1. The first kappa shape index (κ1) is 18.8. The molecule has 2 atom stereocenters. The lowest BCUT2D eigenvalue weighted by Crippen LogP contribution is -2.48. The lowest BCUT2D eigenvalue weighted by molar-refractivity contribution is -0.125. The van der Waals surface area contributed by atoms with Crippen molar-refractivity contribution in [2.24, 2.45) is 0 Å². The van der Waals surface area contributed by atoms with Crippen LogP contribution in [0.15, 0.2) is 48.5 Å². The van der Waals surface area contributed by atoms with Crippen LogP contribution in [0.2, 0.25) is 0 Å². The Labute approximate surface area is 147 Å². The maximum atomic E-state index is 12.3. The lowest BCUT2D eigenvalue weighted by Gasteiger charge is -2.19. The van der Waals surface area contributed by atoms with Crippen LogP contribution in [-0.2, 0) is 11.2 Å². The summed E-state index contributed by atoms with van der Waals surface area (Å²) in [7, 11) is 0. The highest BCUT2D eigenvalue weighted by Gasteiger charge is 2.25. The normalized spacial score (nSPS) is 13.1. The van der Waals surface area contributed by atoms with Crippen LogP contribution in [0.4, 0.5) is 0 Å². The summed E-state index contributed by atoms with van der Waals surface area (Å²) in [5.41, 5.74) is 3.68. The van der Waals surface area contributed by atoms with Crippen molar-refractivity contribution in [2.45, 2.75) is 32.4 Å². The highest BCUT2D eigenvalue weighted by atomic mass is 16.3. The van der Waals surface area contributed by atoms with Gasteiger partial charge in [0.15, 0.2) is 5.78 Å². The fourth-order valence-corrected chi connectivity index (χ4v) is 2.54. The summed E-state index contributed by atoms with van der Waals surface area (Å²) >= 11 is 0. The number of nitrogens with one attached hydrogen (secondary N) is 1. The minimum absolute atomic E-state index is 0.380. The standard InChI is InChI=1S/C20H23NO4/c1-3-14-4-6-15(7-5-14)16-8-10-17(11-9-16)20(25)21-19(13(2)23)18(24)12-22/h4-11,13,19,22-23H,3,12H2,1-2H3,(H,21,25)/t13-,19+/m1/s1. The Balaban J connectivity index is 2.12. The van der Waals surface area contributed by atoms with Gasteiger partial charge in [-0.1, -0.05) is 43.3 Å². The van der Waals surface area contributed by atoms with Gasteiger partial charge in [-0.15, -0.1) is 0 Å². The Morgan fingerprint density at radius 1 is 1.00 bits per heavy atom. The average Bonchev–Trinajstić information content (AvgIpc) is 2.65. The third-order valence-corrected chi connectivity index (χ3v) is 4.11. The molecule has 0 aliphatic heterocycles. The first-order valence-corrected chi connectivity index (χ1v) is 8.28. The monoisotopic (exact) mass is 341 g/mol. The zero-order chi connectivity index (χ0) is 18.4. The van der Waals surface area contributed by atoms with Gasteiger partial charge in [-0.2, -0.15) is 0 Å². The molecule has 0 saturated carbocycles. The minimum atomic E-state index is -1.13. The molecule has 3 N–H and O–H groups in total. The smallest absolute Gasteiger partial charge is 0.251 e. The predicted molar refractivity (Wildman–Crippen MR) is 96.3 cm³/mol. The maximum Gasteiger partial charge on any atom is 0.251 e. The number of carbonyl (C=O) groups excluding carboxylic acids is 2. The van der Waals surface area contributed by atoms with E-state index in [1.807, 2.05) is 24.3 Å². The molecule has 132 valence electrons. The molecule has 2 rings (SSSR count). The summed E-state index contributed by atoms with van der Waals surface area (Å²) in [6.07, 6.45) is -0.101.